The molecule has 1 aromatic heterocycles. The Morgan fingerprint density at radius 3 is 2.67 bits per heavy atom. The van der Waals surface area contributed by atoms with Crippen LogP contribution in [0.2, 0.25) is 10.0 Å². The number of rotatable bonds is 3. The van der Waals surface area contributed by atoms with Crippen molar-refractivity contribution in [2.24, 2.45) is 0 Å². The van der Waals surface area contributed by atoms with Crippen molar-refractivity contribution in [3.05, 3.63) is 57.5 Å². The van der Waals surface area contributed by atoms with Gasteiger partial charge in [0.2, 0.25) is 0 Å². The van der Waals surface area contributed by atoms with Crippen molar-refractivity contribution in [2.75, 3.05) is 5.32 Å². The van der Waals surface area contributed by atoms with E-state index in [-0.39, 0.29) is 5.57 Å². The van der Waals surface area contributed by atoms with Crippen LogP contribution < -0.4 is 5.32 Å². The first-order chi connectivity index (χ1) is 9.99. The third-order valence-corrected chi connectivity index (χ3v) is 3.14. The summed E-state index contributed by atoms with van der Waals surface area (Å²) in [7, 11) is 0. The van der Waals surface area contributed by atoms with Crippen molar-refractivity contribution in [3.8, 4) is 6.07 Å². The van der Waals surface area contributed by atoms with Gasteiger partial charge in [-0.25, -0.2) is 0 Å². The van der Waals surface area contributed by atoms with Gasteiger partial charge in [0.1, 0.15) is 23.2 Å². The molecule has 2 rings (SSSR count). The number of halogens is 2. The highest BCUT2D eigenvalue weighted by atomic mass is 35.5. The number of furan rings is 1. The predicted octanol–water partition coefficient (Wildman–Crippen LogP) is 4.44. The lowest BCUT2D eigenvalue weighted by molar-refractivity contribution is -0.112. The minimum absolute atomic E-state index is 0.0876. The van der Waals surface area contributed by atoms with Crippen LogP contribution in [-0.2, 0) is 4.79 Å². The van der Waals surface area contributed by atoms with Crippen LogP contribution in [0.5, 0.6) is 0 Å². The molecular weight excluding hydrogens is 311 g/mol. The smallest absolute Gasteiger partial charge is 0.266 e. The summed E-state index contributed by atoms with van der Waals surface area (Å²) in [6.07, 6.45) is 1.37. The van der Waals surface area contributed by atoms with Gasteiger partial charge in [-0.1, -0.05) is 23.2 Å². The Bertz CT molecular complexity index is 757. The zero-order valence-electron chi connectivity index (χ0n) is 11.0. The van der Waals surface area contributed by atoms with Crippen LogP contribution in [0.1, 0.15) is 11.5 Å². The third kappa shape index (κ3) is 3.88. The molecule has 6 heteroatoms. The van der Waals surface area contributed by atoms with Gasteiger partial charge in [-0.05, 0) is 37.3 Å². The first-order valence-corrected chi connectivity index (χ1v) is 6.70. The normalized spacial score (nSPS) is 11.0. The van der Waals surface area contributed by atoms with Gasteiger partial charge in [0.25, 0.3) is 5.91 Å². The Hall–Kier alpha value is -2.22. The first kappa shape index (κ1) is 15.2. The van der Waals surface area contributed by atoms with E-state index in [1.54, 1.807) is 31.2 Å². The summed E-state index contributed by atoms with van der Waals surface area (Å²) < 4.78 is 5.30. The Kier molecular flexibility index (Phi) is 4.69. The van der Waals surface area contributed by atoms with Crippen molar-refractivity contribution in [2.45, 2.75) is 6.92 Å². The maximum atomic E-state index is 12.1. The molecule has 0 unspecified atom stereocenters. The van der Waals surface area contributed by atoms with Crippen LogP contribution in [-0.4, -0.2) is 5.91 Å². The highest BCUT2D eigenvalue weighted by Crippen LogP contribution is 2.25. The second-order valence-electron chi connectivity index (χ2n) is 4.20. The van der Waals surface area contributed by atoms with Gasteiger partial charge in [0.05, 0.1) is 10.7 Å². The van der Waals surface area contributed by atoms with Crippen LogP contribution in [0, 0.1) is 18.3 Å². The molecule has 0 aliphatic rings. The van der Waals surface area contributed by atoms with Gasteiger partial charge < -0.3 is 9.73 Å². The average molecular weight is 321 g/mol. The molecule has 0 fully saturated rings. The number of anilines is 1. The zero-order chi connectivity index (χ0) is 15.4. The molecule has 0 aliphatic heterocycles. The van der Waals surface area contributed by atoms with Gasteiger partial charge in [-0.3, -0.25) is 4.79 Å². The quantitative estimate of drug-likeness (QED) is 0.671. The number of nitrogens with one attached hydrogen (secondary N) is 1. The van der Waals surface area contributed by atoms with Gasteiger partial charge in [-0.15, -0.1) is 0 Å². The number of carbonyl (C=O) groups excluding carboxylic acids is 1. The Labute approximate surface area is 131 Å². The zero-order valence-corrected chi connectivity index (χ0v) is 12.5. The molecule has 2 aromatic rings. The maximum Gasteiger partial charge on any atom is 0.266 e. The molecule has 0 saturated carbocycles. The van der Waals surface area contributed by atoms with E-state index < -0.39 is 5.91 Å². The molecule has 0 aliphatic carbocycles. The predicted molar refractivity (Wildman–Crippen MR) is 82.1 cm³/mol. The van der Waals surface area contributed by atoms with Crippen molar-refractivity contribution >= 4 is 40.9 Å². The fraction of sp³-hybridized carbons (Fsp3) is 0.0667. The van der Waals surface area contributed by atoms with Gasteiger partial charge in [-0.2, -0.15) is 5.26 Å². The summed E-state index contributed by atoms with van der Waals surface area (Å²) in [4.78, 5) is 12.1. The Morgan fingerprint density at radius 1 is 1.33 bits per heavy atom. The van der Waals surface area contributed by atoms with Gasteiger partial charge in [0.15, 0.2) is 0 Å². The van der Waals surface area contributed by atoms with E-state index in [0.29, 0.717) is 27.3 Å². The number of carbonyl (C=O) groups is 1. The second kappa shape index (κ2) is 6.49. The summed E-state index contributed by atoms with van der Waals surface area (Å²) in [5.41, 5.74) is 0.290. The number of benzene rings is 1. The molecule has 106 valence electrons. The largest absolute Gasteiger partial charge is 0.462 e. The maximum absolute atomic E-state index is 12.1. The molecule has 1 amide bonds. The van der Waals surface area contributed by atoms with Gasteiger partial charge in [0, 0.05) is 11.1 Å². The van der Waals surface area contributed by atoms with Crippen LogP contribution in [0.25, 0.3) is 6.08 Å². The average Bonchev–Trinajstić information content (AvgIpc) is 2.84. The molecular formula is C15H10Cl2N2O2. The van der Waals surface area contributed by atoms with E-state index in [1.165, 1.54) is 12.1 Å². The molecule has 1 aromatic carbocycles. The van der Waals surface area contributed by atoms with Crippen molar-refractivity contribution in [3.63, 3.8) is 0 Å². The van der Waals surface area contributed by atoms with Crippen LogP contribution in [0.3, 0.4) is 0 Å². The molecule has 0 bridgehead atoms. The van der Waals surface area contributed by atoms with Crippen LogP contribution >= 0.6 is 23.2 Å². The molecule has 21 heavy (non-hydrogen) atoms. The lowest BCUT2D eigenvalue weighted by Gasteiger charge is -2.06. The van der Waals surface area contributed by atoms with Crippen molar-refractivity contribution in [1.82, 2.24) is 0 Å². The Balaban J connectivity index is 2.21. The van der Waals surface area contributed by atoms with Crippen LogP contribution in [0.15, 0.2) is 40.3 Å². The fourth-order valence-corrected chi connectivity index (χ4v) is 2.06. The monoisotopic (exact) mass is 320 g/mol. The van der Waals surface area contributed by atoms with E-state index in [9.17, 15) is 4.79 Å². The summed E-state index contributed by atoms with van der Waals surface area (Å²) in [6.45, 7) is 1.77. The van der Waals surface area contributed by atoms with E-state index in [0.717, 1.165) is 0 Å². The van der Waals surface area contributed by atoms with E-state index in [1.807, 2.05) is 6.07 Å². The van der Waals surface area contributed by atoms with Crippen molar-refractivity contribution < 1.29 is 9.21 Å². The number of nitrogens with zero attached hydrogens (tertiary/aromatic N) is 1. The highest BCUT2D eigenvalue weighted by molar-refractivity contribution is 6.36. The third-order valence-electron chi connectivity index (χ3n) is 2.59. The summed E-state index contributed by atoms with van der Waals surface area (Å²) in [5.74, 6) is 0.553. The van der Waals surface area contributed by atoms with Crippen molar-refractivity contribution in [1.29, 1.82) is 5.26 Å². The minimum atomic E-state index is -0.573. The standard InChI is InChI=1S/C15H10Cl2N2O2/c1-9-2-4-12(21-9)6-10(8-18)15(20)19-14-5-3-11(16)7-13(14)17/h2-7H,1H3,(H,19,20)/b10-6+. The molecule has 0 saturated heterocycles. The second-order valence-corrected chi connectivity index (χ2v) is 5.04. The lowest BCUT2D eigenvalue weighted by Crippen LogP contribution is -2.13. The lowest BCUT2D eigenvalue weighted by atomic mass is 10.2. The fourth-order valence-electron chi connectivity index (χ4n) is 1.60. The van der Waals surface area contributed by atoms with E-state index in [2.05, 4.69) is 5.32 Å². The molecule has 0 spiro atoms. The number of hydrogen-bond acceptors (Lipinski definition) is 3. The number of hydrogen-bond donors (Lipinski definition) is 1. The molecule has 4 nitrogen and oxygen atoms in total. The van der Waals surface area contributed by atoms with E-state index >= 15 is 0 Å². The molecule has 0 radical (unpaired) electrons. The summed E-state index contributed by atoms with van der Waals surface area (Å²) >= 11 is 11.7. The van der Waals surface area contributed by atoms with Gasteiger partial charge >= 0.3 is 0 Å². The van der Waals surface area contributed by atoms with E-state index in [4.69, 9.17) is 32.9 Å². The molecule has 1 N–H and O–H groups in total. The SMILES string of the molecule is Cc1ccc(/C=C(\C#N)C(=O)Nc2ccc(Cl)cc2Cl)o1. The number of aryl methyl sites for hydroxylation is 1. The Morgan fingerprint density at radius 2 is 2.10 bits per heavy atom. The topological polar surface area (TPSA) is 66.0 Å². The summed E-state index contributed by atoms with van der Waals surface area (Å²) in [5, 5.41) is 12.4. The first-order valence-electron chi connectivity index (χ1n) is 5.94. The number of amides is 1. The minimum Gasteiger partial charge on any atom is -0.462 e. The number of nitriles is 1. The molecule has 1 heterocycles. The molecule has 0 atom stereocenters. The highest BCUT2D eigenvalue weighted by Gasteiger charge is 2.12. The summed E-state index contributed by atoms with van der Waals surface area (Å²) in [6, 6.07) is 9.91. The van der Waals surface area contributed by atoms with Crippen LogP contribution in [0.4, 0.5) is 5.69 Å².